The van der Waals surface area contributed by atoms with Gasteiger partial charge in [0.25, 0.3) is 0 Å². The molecule has 0 saturated carbocycles. The van der Waals surface area contributed by atoms with Gasteiger partial charge in [-0.1, -0.05) is 24.3 Å². The maximum atomic E-state index is 11.3. The number of hydrogen-bond acceptors (Lipinski definition) is 4. The van der Waals surface area contributed by atoms with Crippen molar-refractivity contribution in [3.8, 4) is 0 Å². The zero-order chi connectivity index (χ0) is 14.1. The van der Waals surface area contributed by atoms with Gasteiger partial charge in [0, 0.05) is 4.90 Å². The van der Waals surface area contributed by atoms with Crippen LogP contribution in [0.2, 0.25) is 0 Å². The van der Waals surface area contributed by atoms with E-state index in [4.69, 9.17) is 0 Å². The fourth-order valence-electron chi connectivity index (χ4n) is 2.01. The Bertz CT molecular complexity index is 798. The minimum atomic E-state index is -0.925. The van der Waals surface area contributed by atoms with Crippen molar-refractivity contribution in [2.75, 3.05) is 0 Å². The standard InChI is InChI=1S/C14H11N3O2S/c1-8-15-14(17-16-8)20-12-7-6-11(13(18)19)9-4-2-3-5-10(9)12/h2-7H,1H3,(H,18,19)(H,15,16,17). The van der Waals surface area contributed by atoms with E-state index in [1.807, 2.05) is 31.2 Å². The highest BCUT2D eigenvalue weighted by molar-refractivity contribution is 7.99. The Labute approximate surface area is 119 Å². The number of H-pyrrole nitrogens is 1. The van der Waals surface area contributed by atoms with Crippen LogP contribution in [0, 0.1) is 6.92 Å². The number of carboxylic acids is 1. The Morgan fingerprint density at radius 2 is 1.95 bits per heavy atom. The van der Waals surface area contributed by atoms with Crippen LogP contribution in [0.3, 0.4) is 0 Å². The number of carboxylic acid groups (broad SMARTS) is 1. The molecule has 20 heavy (non-hydrogen) atoms. The van der Waals surface area contributed by atoms with Crippen LogP contribution in [0.15, 0.2) is 46.5 Å². The van der Waals surface area contributed by atoms with Gasteiger partial charge in [0.15, 0.2) is 0 Å². The first kappa shape index (κ1) is 12.7. The lowest BCUT2D eigenvalue weighted by Gasteiger charge is -2.07. The minimum absolute atomic E-state index is 0.302. The van der Waals surface area contributed by atoms with Crippen molar-refractivity contribution >= 4 is 28.5 Å². The van der Waals surface area contributed by atoms with Crippen LogP contribution in [0.25, 0.3) is 10.8 Å². The summed E-state index contributed by atoms with van der Waals surface area (Å²) in [5.41, 5.74) is 0.302. The van der Waals surface area contributed by atoms with Crippen LogP contribution in [0.5, 0.6) is 0 Å². The summed E-state index contributed by atoms with van der Waals surface area (Å²) in [6, 6.07) is 10.9. The molecular formula is C14H11N3O2S. The van der Waals surface area contributed by atoms with Crippen molar-refractivity contribution in [3.05, 3.63) is 47.8 Å². The lowest BCUT2D eigenvalue weighted by Crippen LogP contribution is -1.97. The number of nitrogens with zero attached hydrogens (tertiary/aromatic N) is 2. The van der Waals surface area contributed by atoms with Crippen LogP contribution in [0.4, 0.5) is 0 Å². The molecule has 6 heteroatoms. The molecule has 5 nitrogen and oxygen atoms in total. The summed E-state index contributed by atoms with van der Waals surface area (Å²) in [5.74, 6) is -0.176. The van der Waals surface area contributed by atoms with Crippen molar-refractivity contribution in [1.82, 2.24) is 15.2 Å². The lowest BCUT2D eigenvalue weighted by atomic mass is 10.0. The molecular weight excluding hydrogens is 274 g/mol. The molecule has 0 fully saturated rings. The van der Waals surface area contributed by atoms with E-state index in [0.29, 0.717) is 10.7 Å². The van der Waals surface area contributed by atoms with Crippen LogP contribution in [0.1, 0.15) is 16.2 Å². The van der Waals surface area contributed by atoms with E-state index in [1.165, 1.54) is 11.8 Å². The first-order valence-corrected chi connectivity index (χ1v) is 6.78. The Kier molecular flexibility index (Phi) is 3.15. The zero-order valence-corrected chi connectivity index (χ0v) is 11.4. The SMILES string of the molecule is Cc1nc(Sc2ccc(C(=O)O)c3ccccc23)n[nH]1. The molecule has 0 aliphatic carbocycles. The van der Waals surface area contributed by atoms with Gasteiger partial charge < -0.3 is 5.11 Å². The van der Waals surface area contributed by atoms with Crippen LogP contribution < -0.4 is 0 Å². The molecule has 3 aromatic rings. The van der Waals surface area contributed by atoms with Gasteiger partial charge in [-0.3, -0.25) is 5.10 Å². The van der Waals surface area contributed by atoms with Gasteiger partial charge in [-0.05, 0) is 41.6 Å². The van der Waals surface area contributed by atoms with Gasteiger partial charge >= 0.3 is 5.97 Å². The number of aromatic amines is 1. The van der Waals surface area contributed by atoms with E-state index in [9.17, 15) is 9.90 Å². The molecule has 0 aliphatic heterocycles. The van der Waals surface area contributed by atoms with Crippen molar-refractivity contribution in [1.29, 1.82) is 0 Å². The highest BCUT2D eigenvalue weighted by atomic mass is 32.2. The average Bonchev–Trinajstić information content (AvgIpc) is 2.84. The maximum Gasteiger partial charge on any atom is 0.336 e. The number of aromatic carboxylic acids is 1. The topological polar surface area (TPSA) is 78.9 Å². The third kappa shape index (κ3) is 2.25. The highest BCUT2D eigenvalue weighted by Crippen LogP contribution is 2.33. The van der Waals surface area contributed by atoms with Crippen molar-refractivity contribution < 1.29 is 9.90 Å². The Balaban J connectivity index is 2.12. The number of hydrogen-bond donors (Lipinski definition) is 2. The second-order valence-corrected chi connectivity index (χ2v) is 5.28. The summed E-state index contributed by atoms with van der Waals surface area (Å²) in [4.78, 5) is 16.4. The normalized spacial score (nSPS) is 10.8. The molecule has 0 saturated heterocycles. The molecule has 1 heterocycles. The van der Waals surface area contributed by atoms with Crippen LogP contribution in [-0.4, -0.2) is 26.3 Å². The second-order valence-electron chi connectivity index (χ2n) is 4.27. The molecule has 0 unspecified atom stereocenters. The lowest BCUT2D eigenvalue weighted by molar-refractivity contribution is 0.0699. The smallest absolute Gasteiger partial charge is 0.336 e. The molecule has 0 bridgehead atoms. The fourth-order valence-corrected chi connectivity index (χ4v) is 2.91. The summed E-state index contributed by atoms with van der Waals surface area (Å²) >= 11 is 1.41. The predicted octanol–water partition coefficient (Wildman–Crippen LogP) is 3.12. The number of nitrogens with one attached hydrogen (secondary N) is 1. The Hall–Kier alpha value is -2.34. The number of fused-ring (bicyclic) bond motifs is 1. The third-order valence-corrected chi connectivity index (χ3v) is 3.83. The molecule has 2 aromatic carbocycles. The molecule has 0 atom stereocenters. The largest absolute Gasteiger partial charge is 0.478 e. The van der Waals surface area contributed by atoms with Crippen LogP contribution in [-0.2, 0) is 0 Å². The van der Waals surface area contributed by atoms with E-state index < -0.39 is 5.97 Å². The van der Waals surface area contributed by atoms with Gasteiger partial charge in [0.2, 0.25) is 5.16 Å². The number of aryl methyl sites for hydroxylation is 1. The Morgan fingerprint density at radius 3 is 2.60 bits per heavy atom. The van der Waals surface area contributed by atoms with Gasteiger partial charge in [-0.15, -0.1) is 5.10 Å². The number of aromatic nitrogens is 3. The summed E-state index contributed by atoms with van der Waals surface area (Å²) in [7, 11) is 0. The molecule has 0 aliphatic rings. The summed E-state index contributed by atoms with van der Waals surface area (Å²) in [5, 5.41) is 18.3. The average molecular weight is 285 g/mol. The second kappa shape index (κ2) is 4.97. The Morgan fingerprint density at radius 1 is 1.20 bits per heavy atom. The fraction of sp³-hybridized carbons (Fsp3) is 0.0714. The predicted molar refractivity (Wildman–Crippen MR) is 76.2 cm³/mol. The molecule has 0 radical (unpaired) electrons. The summed E-state index contributed by atoms with van der Waals surface area (Å²) in [6.45, 7) is 1.84. The van der Waals surface area contributed by atoms with E-state index >= 15 is 0 Å². The van der Waals surface area contributed by atoms with E-state index in [2.05, 4.69) is 15.2 Å². The van der Waals surface area contributed by atoms with Gasteiger partial charge in [-0.25, -0.2) is 9.78 Å². The monoisotopic (exact) mass is 285 g/mol. The van der Waals surface area contributed by atoms with Crippen molar-refractivity contribution in [2.24, 2.45) is 0 Å². The van der Waals surface area contributed by atoms with Crippen molar-refractivity contribution in [2.45, 2.75) is 17.0 Å². The van der Waals surface area contributed by atoms with Gasteiger partial charge in [-0.2, -0.15) is 0 Å². The summed E-state index contributed by atoms with van der Waals surface area (Å²) < 4.78 is 0. The molecule has 100 valence electrons. The van der Waals surface area contributed by atoms with Crippen LogP contribution >= 0.6 is 11.8 Å². The number of rotatable bonds is 3. The van der Waals surface area contributed by atoms with Crippen molar-refractivity contribution in [3.63, 3.8) is 0 Å². The maximum absolute atomic E-state index is 11.3. The van der Waals surface area contributed by atoms with Gasteiger partial charge in [0.05, 0.1) is 5.56 Å². The quantitative estimate of drug-likeness (QED) is 0.773. The minimum Gasteiger partial charge on any atom is -0.478 e. The molecule has 3 rings (SSSR count). The number of carbonyl (C=O) groups is 1. The van der Waals surface area contributed by atoms with E-state index in [1.54, 1.807) is 12.1 Å². The number of benzene rings is 2. The van der Waals surface area contributed by atoms with Gasteiger partial charge in [0.1, 0.15) is 5.82 Å². The highest BCUT2D eigenvalue weighted by Gasteiger charge is 2.12. The first-order valence-electron chi connectivity index (χ1n) is 5.97. The van der Waals surface area contributed by atoms with E-state index in [0.717, 1.165) is 21.5 Å². The molecule has 1 aromatic heterocycles. The molecule has 0 amide bonds. The summed E-state index contributed by atoms with van der Waals surface area (Å²) in [6.07, 6.45) is 0. The van der Waals surface area contributed by atoms with E-state index in [-0.39, 0.29) is 0 Å². The molecule has 2 N–H and O–H groups in total. The first-order chi connectivity index (χ1) is 9.65. The third-order valence-electron chi connectivity index (χ3n) is 2.89. The molecule has 0 spiro atoms. The zero-order valence-electron chi connectivity index (χ0n) is 10.6.